The molecule has 1 aliphatic rings. The third-order valence-corrected chi connectivity index (χ3v) is 5.15. The van der Waals surface area contributed by atoms with Crippen molar-refractivity contribution in [2.24, 2.45) is 5.92 Å². The molecule has 8 nitrogen and oxygen atoms in total. The molecule has 1 fully saturated rings. The highest BCUT2D eigenvalue weighted by Gasteiger charge is 2.25. The number of fused-ring (bicyclic) bond motifs is 1. The number of rotatable bonds is 3. The Bertz CT molecular complexity index is 1110. The normalized spacial score (nSPS) is 17.4. The number of aryl methyl sites for hydroxylation is 1. The Morgan fingerprint density at radius 3 is 2.74 bits per heavy atom. The van der Waals surface area contributed by atoms with E-state index in [1.54, 1.807) is 24.4 Å². The molecule has 27 heavy (non-hydrogen) atoms. The number of carbonyl (C=O) groups is 1. The zero-order chi connectivity index (χ0) is 19.0. The molecule has 0 radical (unpaired) electrons. The smallest absolute Gasteiger partial charge is 0.314 e. The number of nitrogens with zero attached hydrogens (tertiary/aromatic N) is 3. The van der Waals surface area contributed by atoms with Gasteiger partial charge in [0.25, 0.3) is 5.91 Å². The molecule has 0 spiro atoms. The van der Waals surface area contributed by atoms with Gasteiger partial charge in [0.15, 0.2) is 0 Å². The molecule has 1 saturated heterocycles. The average Bonchev–Trinajstić information content (AvgIpc) is 3.06. The Balaban J connectivity index is 1.54. The molecule has 0 bridgehead atoms. The first-order valence-corrected chi connectivity index (χ1v) is 9.04. The predicted octanol–water partition coefficient (Wildman–Crippen LogP) is 1.27. The van der Waals surface area contributed by atoms with Crippen LogP contribution >= 0.6 is 0 Å². The van der Waals surface area contributed by atoms with Crippen molar-refractivity contribution in [1.82, 2.24) is 24.4 Å². The lowest BCUT2D eigenvalue weighted by atomic mass is 9.97. The first kappa shape index (κ1) is 17.3. The minimum Gasteiger partial charge on any atom is -0.338 e. The first-order valence-electron chi connectivity index (χ1n) is 9.04. The second-order valence-corrected chi connectivity index (χ2v) is 7.05. The lowest BCUT2D eigenvalue weighted by Gasteiger charge is -2.33. The van der Waals surface area contributed by atoms with Gasteiger partial charge in [0.1, 0.15) is 5.82 Å². The minimum atomic E-state index is -0.721. The summed E-state index contributed by atoms with van der Waals surface area (Å²) in [5.74, 6) is 1.30. The van der Waals surface area contributed by atoms with Crippen LogP contribution in [0.15, 0.2) is 40.2 Å². The highest BCUT2D eigenvalue weighted by atomic mass is 16.2. The van der Waals surface area contributed by atoms with E-state index in [0.29, 0.717) is 29.1 Å². The van der Waals surface area contributed by atoms with Crippen LogP contribution in [-0.2, 0) is 6.54 Å². The van der Waals surface area contributed by atoms with E-state index in [0.717, 1.165) is 31.8 Å². The third kappa shape index (κ3) is 3.42. The van der Waals surface area contributed by atoms with Gasteiger partial charge in [0.2, 0.25) is 0 Å². The Morgan fingerprint density at radius 1 is 1.22 bits per heavy atom. The highest BCUT2D eigenvalue weighted by molar-refractivity contribution is 5.97. The van der Waals surface area contributed by atoms with Crippen LogP contribution in [0.1, 0.15) is 29.0 Å². The van der Waals surface area contributed by atoms with Crippen molar-refractivity contribution < 1.29 is 4.79 Å². The SMILES string of the molecule is Cc1nccn1CC1CCCN(C(=O)c2ccc3[nH]c(=O)c(=O)[nH]c3c2)C1. The van der Waals surface area contributed by atoms with Gasteiger partial charge in [-0.3, -0.25) is 14.4 Å². The second-order valence-electron chi connectivity index (χ2n) is 7.05. The van der Waals surface area contributed by atoms with E-state index in [9.17, 15) is 14.4 Å². The van der Waals surface area contributed by atoms with Crippen molar-refractivity contribution in [2.75, 3.05) is 13.1 Å². The maximum absolute atomic E-state index is 13.0. The van der Waals surface area contributed by atoms with Crippen molar-refractivity contribution in [1.29, 1.82) is 0 Å². The van der Waals surface area contributed by atoms with Crippen molar-refractivity contribution in [3.05, 3.63) is 62.7 Å². The number of amides is 1. The molecule has 1 unspecified atom stereocenters. The third-order valence-electron chi connectivity index (χ3n) is 5.15. The van der Waals surface area contributed by atoms with Gasteiger partial charge in [-0.1, -0.05) is 0 Å². The molecule has 0 aliphatic carbocycles. The molecule has 4 rings (SSSR count). The van der Waals surface area contributed by atoms with Crippen LogP contribution in [-0.4, -0.2) is 43.4 Å². The summed E-state index contributed by atoms with van der Waals surface area (Å²) < 4.78 is 2.12. The highest BCUT2D eigenvalue weighted by Crippen LogP contribution is 2.21. The molecular weight excluding hydrogens is 346 g/mol. The fourth-order valence-corrected chi connectivity index (χ4v) is 3.70. The van der Waals surface area contributed by atoms with Gasteiger partial charge in [0, 0.05) is 37.6 Å². The fraction of sp³-hybridized carbons (Fsp3) is 0.368. The number of benzene rings is 1. The van der Waals surface area contributed by atoms with Gasteiger partial charge in [0.05, 0.1) is 11.0 Å². The van der Waals surface area contributed by atoms with Gasteiger partial charge < -0.3 is 19.4 Å². The van der Waals surface area contributed by atoms with Crippen LogP contribution in [0.4, 0.5) is 0 Å². The van der Waals surface area contributed by atoms with E-state index in [1.165, 1.54) is 0 Å². The molecule has 1 amide bonds. The first-order chi connectivity index (χ1) is 13.0. The van der Waals surface area contributed by atoms with Crippen molar-refractivity contribution in [2.45, 2.75) is 26.3 Å². The Morgan fingerprint density at radius 2 is 2.00 bits per heavy atom. The maximum Gasteiger partial charge on any atom is 0.314 e. The zero-order valence-electron chi connectivity index (χ0n) is 15.1. The molecule has 3 aromatic rings. The lowest BCUT2D eigenvalue weighted by molar-refractivity contribution is 0.0662. The summed E-state index contributed by atoms with van der Waals surface area (Å²) in [7, 11) is 0. The summed E-state index contributed by atoms with van der Waals surface area (Å²) >= 11 is 0. The van der Waals surface area contributed by atoms with E-state index >= 15 is 0 Å². The second kappa shape index (κ2) is 6.86. The number of carbonyl (C=O) groups excluding carboxylic acids is 1. The molecule has 1 aliphatic heterocycles. The Hall–Kier alpha value is -3.16. The molecule has 2 aromatic heterocycles. The van der Waals surface area contributed by atoms with Crippen molar-refractivity contribution in [3.63, 3.8) is 0 Å². The molecular formula is C19H21N5O3. The summed E-state index contributed by atoms with van der Waals surface area (Å²) in [6, 6.07) is 4.96. The molecule has 1 atom stereocenters. The van der Waals surface area contributed by atoms with Crippen LogP contribution < -0.4 is 11.1 Å². The maximum atomic E-state index is 13.0. The summed E-state index contributed by atoms with van der Waals surface area (Å²) in [6.07, 6.45) is 5.80. The summed E-state index contributed by atoms with van der Waals surface area (Å²) in [5.41, 5.74) is 0.0389. The number of nitrogens with one attached hydrogen (secondary N) is 2. The quantitative estimate of drug-likeness (QED) is 0.680. The van der Waals surface area contributed by atoms with Crippen LogP contribution in [0, 0.1) is 12.8 Å². The van der Waals surface area contributed by atoms with E-state index < -0.39 is 11.1 Å². The van der Waals surface area contributed by atoms with Gasteiger partial charge in [-0.2, -0.15) is 0 Å². The van der Waals surface area contributed by atoms with E-state index in [-0.39, 0.29) is 5.91 Å². The molecule has 8 heteroatoms. The number of hydrogen-bond donors (Lipinski definition) is 2. The lowest BCUT2D eigenvalue weighted by Crippen LogP contribution is -2.41. The van der Waals surface area contributed by atoms with Crippen LogP contribution in [0.2, 0.25) is 0 Å². The number of likely N-dealkylation sites (tertiary alicyclic amines) is 1. The molecule has 2 N–H and O–H groups in total. The topological polar surface area (TPSA) is 104 Å². The van der Waals surface area contributed by atoms with Crippen LogP contribution in [0.3, 0.4) is 0 Å². The Labute approximate surface area is 154 Å². The molecule has 1 aromatic carbocycles. The van der Waals surface area contributed by atoms with Gasteiger partial charge in [-0.15, -0.1) is 0 Å². The largest absolute Gasteiger partial charge is 0.338 e. The number of piperidine rings is 1. The van der Waals surface area contributed by atoms with Crippen LogP contribution in [0.25, 0.3) is 11.0 Å². The Kier molecular flexibility index (Phi) is 4.39. The summed E-state index contributed by atoms with van der Waals surface area (Å²) in [4.78, 5) is 47.0. The number of H-pyrrole nitrogens is 2. The van der Waals surface area contributed by atoms with E-state index in [4.69, 9.17) is 0 Å². The zero-order valence-corrected chi connectivity index (χ0v) is 15.1. The van der Waals surface area contributed by atoms with Crippen molar-refractivity contribution >= 4 is 16.9 Å². The molecule has 0 saturated carbocycles. The predicted molar refractivity (Wildman–Crippen MR) is 101 cm³/mol. The van der Waals surface area contributed by atoms with Gasteiger partial charge in [-0.25, -0.2) is 4.98 Å². The average molecular weight is 367 g/mol. The fourth-order valence-electron chi connectivity index (χ4n) is 3.70. The van der Waals surface area contributed by atoms with E-state index in [2.05, 4.69) is 19.5 Å². The number of aromatic amines is 2. The van der Waals surface area contributed by atoms with E-state index in [1.807, 2.05) is 18.0 Å². The number of aromatic nitrogens is 4. The minimum absolute atomic E-state index is 0.0593. The summed E-state index contributed by atoms with van der Waals surface area (Å²) in [5, 5.41) is 0. The summed E-state index contributed by atoms with van der Waals surface area (Å²) in [6.45, 7) is 4.24. The van der Waals surface area contributed by atoms with Gasteiger partial charge in [-0.05, 0) is 43.9 Å². The van der Waals surface area contributed by atoms with Crippen LogP contribution in [0.5, 0.6) is 0 Å². The molecule has 3 heterocycles. The number of hydrogen-bond acceptors (Lipinski definition) is 4. The number of imidazole rings is 1. The standard InChI is InChI=1S/C19H21N5O3/c1-12-20-6-8-23(12)10-13-3-2-7-24(11-13)19(27)14-4-5-15-16(9-14)22-18(26)17(25)21-15/h4-6,8-9,13H,2-3,7,10-11H2,1H3,(H,21,25)(H,22,26). The monoisotopic (exact) mass is 367 g/mol. The molecule has 140 valence electrons. The van der Waals surface area contributed by atoms with Gasteiger partial charge >= 0.3 is 11.1 Å². The van der Waals surface area contributed by atoms with Crippen molar-refractivity contribution in [3.8, 4) is 0 Å².